The van der Waals surface area contributed by atoms with Crippen LogP contribution in [0.15, 0.2) is 274 Å². The van der Waals surface area contributed by atoms with Gasteiger partial charge in [-0.2, -0.15) is 123 Å². The number of anilines is 4. The number of nitrogens with zero attached hydrogens (tertiary/aromatic N) is 12. The van der Waals surface area contributed by atoms with Crippen molar-refractivity contribution in [3.63, 3.8) is 0 Å². The molecule has 0 N–H and O–H groups in total. The summed E-state index contributed by atoms with van der Waals surface area (Å²) in [7, 11) is 2.01. The van der Waals surface area contributed by atoms with Crippen LogP contribution in [0.25, 0.3) is 44.8 Å². The number of rotatable bonds is 8. The zero-order valence-electron chi connectivity index (χ0n) is 51.2. The van der Waals surface area contributed by atoms with E-state index in [2.05, 4.69) is 221 Å². The van der Waals surface area contributed by atoms with Crippen molar-refractivity contribution in [3.8, 4) is 44.8 Å². The first-order valence-electron chi connectivity index (χ1n) is 28.7. The molecule has 12 nitrogen and oxygen atoms in total. The molecule has 92 heavy (non-hydrogen) atoms. The Bertz CT molecular complexity index is 4000. The molecule has 0 saturated heterocycles. The van der Waals surface area contributed by atoms with Gasteiger partial charge >= 0.3 is 63.2 Å². The molecule has 1 aliphatic carbocycles. The van der Waals surface area contributed by atoms with E-state index >= 15 is 0 Å². The van der Waals surface area contributed by atoms with Gasteiger partial charge in [0.2, 0.25) is 0 Å². The van der Waals surface area contributed by atoms with Crippen molar-refractivity contribution in [1.82, 2.24) is 39.8 Å². The van der Waals surface area contributed by atoms with Gasteiger partial charge in [-0.1, -0.05) is 133 Å². The van der Waals surface area contributed by atoms with Crippen LogP contribution in [-0.4, -0.2) is 52.4 Å². The average Bonchev–Trinajstić information content (AvgIpc) is 1.59. The molecule has 2 aromatic heterocycles. The Balaban J connectivity index is 0.000000181. The Hall–Kier alpha value is -7.36. The quantitative estimate of drug-likeness (QED) is 0.137. The van der Waals surface area contributed by atoms with Gasteiger partial charge in [0.15, 0.2) is 0 Å². The van der Waals surface area contributed by atoms with Crippen molar-refractivity contribution >= 4 is 22.7 Å². The average molecular weight is 2110 g/mol. The number of benzene rings is 9. The third-order valence-electron chi connectivity index (χ3n) is 14.7. The van der Waals surface area contributed by atoms with Crippen LogP contribution in [0.3, 0.4) is 0 Å². The minimum absolute atomic E-state index is 0. The fourth-order valence-corrected chi connectivity index (χ4v) is 10.1. The molecule has 2 radical (unpaired) electrons. The molecular formula is C75H66Ir2N12Pt3-2. The second kappa shape index (κ2) is 35.1. The van der Waals surface area contributed by atoms with Gasteiger partial charge in [0, 0.05) is 63.8 Å². The van der Waals surface area contributed by atoms with Crippen molar-refractivity contribution in [2.24, 2.45) is 0 Å². The van der Waals surface area contributed by atoms with E-state index in [4.69, 9.17) is 0 Å². The van der Waals surface area contributed by atoms with Crippen LogP contribution < -0.4 is 19.6 Å². The summed E-state index contributed by atoms with van der Waals surface area (Å²) in [5, 5.41) is 15.7. The molecule has 0 saturated carbocycles. The number of aromatic nitrogens is 6. The van der Waals surface area contributed by atoms with Crippen molar-refractivity contribution in [3.05, 3.63) is 336 Å². The summed E-state index contributed by atoms with van der Waals surface area (Å²) in [4.78, 5) is 12.5. The molecule has 0 spiro atoms. The first-order valence-corrected chi connectivity index (χ1v) is 28.7. The summed E-state index contributed by atoms with van der Waals surface area (Å²) in [6, 6.07) is 87.9. The van der Waals surface area contributed by atoms with Crippen molar-refractivity contribution in [2.75, 3.05) is 26.6 Å². The molecule has 17 heteroatoms. The largest absolute Gasteiger partial charge is 2.00 e. The van der Waals surface area contributed by atoms with Crippen LogP contribution in [0, 0.1) is 50.3 Å². The summed E-state index contributed by atoms with van der Waals surface area (Å²) in [6.45, 7) is 17.3. The molecule has 4 aliphatic rings. The fraction of sp³-hybridized carbons (Fsp3) is 0.107. The molecule has 9 aromatic carbocycles. The van der Waals surface area contributed by atoms with Crippen molar-refractivity contribution in [2.45, 2.75) is 45.6 Å². The topological polar surface area (TPSA) is 80.9 Å². The summed E-state index contributed by atoms with van der Waals surface area (Å²) >= 11 is 0. The van der Waals surface area contributed by atoms with Crippen molar-refractivity contribution < 1.29 is 103 Å². The molecule has 11 aromatic rings. The number of hydrogen-bond acceptors (Lipinski definition) is 10. The van der Waals surface area contributed by atoms with Gasteiger partial charge in [-0.3, -0.25) is 0 Å². The number of para-hydroxylation sites is 3. The standard InChI is InChI=1S/C17H14N3.C16H14N2.C15H12N2.C14H10N3.C13H16N2.2Ir.3Pt/c1-17(2)15-6-4-3-5-13(15)14-8-7-12(11-16(14)17)20-10-9-18-19-20;1-17-10-11-18(13-17)16-9-5-8-15(12-16)14-6-3-2-4-7-14;1-3-7-14(8-4-1)16-11-12-17(13-16)15-9-5-2-6-10-15;1-2-5-12(6-3-1)13-7-4-8-14(11-13)17-10-9-15-16-17;1-13(2,3)15-10-9-14(11-15)12-7-5-4-6-8-12;;;;;/h3-6,8-11H,1-2H3;2-8,10-13H,1H3;1-9,11-13H;1-7,9-11H;4-7,9-11H,1-3H3;;;;;/q-1;2*-2;-1;-2;;;3*+2. The van der Waals surface area contributed by atoms with Crippen LogP contribution in [-0.2, 0) is 109 Å². The van der Waals surface area contributed by atoms with Gasteiger partial charge in [0.1, 0.15) is 0 Å². The molecule has 15 rings (SSSR count). The first kappa shape index (κ1) is 73.7. The second-order valence-electron chi connectivity index (χ2n) is 22.1. The third kappa shape index (κ3) is 18.7. The molecule has 0 fully saturated rings. The van der Waals surface area contributed by atoms with E-state index in [1.807, 2.05) is 176 Å². The number of fused-ring (bicyclic) bond motifs is 3. The Morgan fingerprint density at radius 1 is 0.402 bits per heavy atom. The second-order valence-corrected chi connectivity index (χ2v) is 22.1. The van der Waals surface area contributed by atoms with Gasteiger partial charge in [-0.15, -0.1) is 74.4 Å². The molecule has 476 valence electrons. The predicted molar refractivity (Wildman–Crippen MR) is 351 cm³/mol. The molecule has 0 atom stereocenters. The molecule has 0 unspecified atom stereocenters. The van der Waals surface area contributed by atoms with Gasteiger partial charge in [-0.25, -0.2) is 9.36 Å². The maximum absolute atomic E-state index is 4.04. The molecular weight excluding hydrogens is 2040 g/mol. The zero-order valence-corrected chi connectivity index (χ0v) is 62.8. The zero-order chi connectivity index (χ0) is 60.0. The van der Waals surface area contributed by atoms with Crippen LogP contribution in [0.5, 0.6) is 0 Å². The van der Waals surface area contributed by atoms with E-state index in [1.54, 1.807) is 28.0 Å². The van der Waals surface area contributed by atoms with E-state index in [0.717, 1.165) is 39.7 Å². The fourth-order valence-electron chi connectivity index (χ4n) is 10.1. The monoisotopic (exact) mass is 2110 g/mol. The Morgan fingerprint density at radius 3 is 1.39 bits per heavy atom. The van der Waals surface area contributed by atoms with Crippen LogP contribution >= 0.6 is 0 Å². The Morgan fingerprint density at radius 2 is 0.870 bits per heavy atom. The van der Waals surface area contributed by atoms with E-state index < -0.39 is 0 Å². The molecule has 0 bridgehead atoms. The maximum Gasteiger partial charge on any atom is 2.00 e. The minimum Gasteiger partial charge on any atom is -0.510 e. The van der Waals surface area contributed by atoms with E-state index in [9.17, 15) is 0 Å². The van der Waals surface area contributed by atoms with Crippen LogP contribution in [0.2, 0.25) is 0 Å². The molecule has 0 amide bonds. The van der Waals surface area contributed by atoms with Crippen LogP contribution in [0.1, 0.15) is 45.7 Å². The first-order chi connectivity index (χ1) is 42.4. The van der Waals surface area contributed by atoms with Gasteiger partial charge in [-0.05, 0) is 111 Å². The maximum atomic E-state index is 4.04. The van der Waals surface area contributed by atoms with Gasteiger partial charge in [0.25, 0.3) is 0 Å². The summed E-state index contributed by atoms with van der Waals surface area (Å²) in [5.74, 6) is 0. The summed E-state index contributed by atoms with van der Waals surface area (Å²) < 4.78 is 3.45. The van der Waals surface area contributed by atoms with E-state index in [-0.39, 0.29) is 114 Å². The van der Waals surface area contributed by atoms with E-state index in [0.29, 0.717) is 0 Å². The van der Waals surface area contributed by atoms with Gasteiger partial charge < -0.3 is 29.4 Å². The molecule has 5 heterocycles. The summed E-state index contributed by atoms with van der Waals surface area (Å²) in [6.07, 6.45) is 19.2. The van der Waals surface area contributed by atoms with Gasteiger partial charge in [0.05, 0.1) is 12.4 Å². The number of hydrogen-bond donors (Lipinski definition) is 0. The normalized spacial score (nSPS) is 13.2. The smallest absolute Gasteiger partial charge is 0.510 e. The molecule has 3 aliphatic heterocycles. The van der Waals surface area contributed by atoms with Crippen molar-refractivity contribution in [1.29, 1.82) is 0 Å². The predicted octanol–water partition coefficient (Wildman–Crippen LogP) is 16.0. The minimum atomic E-state index is 0. The summed E-state index contributed by atoms with van der Waals surface area (Å²) in [5.41, 5.74) is 16.3. The third-order valence-corrected chi connectivity index (χ3v) is 14.7. The van der Waals surface area contributed by atoms with E-state index in [1.165, 1.54) is 38.9 Å². The Kier molecular flexibility index (Phi) is 28.1. The Labute approximate surface area is 612 Å². The van der Waals surface area contributed by atoms with Crippen LogP contribution in [0.4, 0.5) is 22.7 Å². The SMILES string of the molecule is CC(C)(C)N1C=CN(c2[c-]cccc2)[CH-]1.CC1(C)c2ccccc2-c2c[c-]c(-n3ccnn3)cc21.CN1C=CN(c2[c-]ccc(-c3ccccc3)c2)[CH-]1.[Ir].[Ir].[Pt+2].[Pt+2].[Pt+2].[c-]1ccc(-c2ccccc2)cc1-n1ccnn1.[c-]1ccccc1N1C=CN(c2ccccc2)[CH-]1.